The average molecular weight is 422 g/mol. The lowest BCUT2D eigenvalue weighted by molar-refractivity contribution is -0.112. The van der Waals surface area contributed by atoms with Crippen LogP contribution < -0.4 is 10.1 Å². The van der Waals surface area contributed by atoms with Crippen molar-refractivity contribution in [2.75, 3.05) is 12.4 Å². The molecule has 32 heavy (non-hydrogen) atoms. The minimum Gasteiger partial charge on any atom is -0.497 e. The molecule has 4 rings (SSSR count). The first kappa shape index (κ1) is 21.0. The Hall–Kier alpha value is -4.30. The van der Waals surface area contributed by atoms with E-state index in [4.69, 9.17) is 4.74 Å². The number of nitrogens with one attached hydrogen (secondary N) is 1. The Labute approximate surface area is 187 Å². The number of hydrogen-bond acceptors (Lipinski definition) is 3. The van der Waals surface area contributed by atoms with Crippen molar-refractivity contribution < 1.29 is 9.53 Å². The first-order chi connectivity index (χ1) is 15.5. The maximum atomic E-state index is 12.8. The number of aromatic nitrogens is 1. The van der Waals surface area contributed by atoms with Crippen molar-refractivity contribution in [1.82, 2.24) is 4.57 Å². The molecule has 1 aromatic heterocycles. The SMILES string of the molecule is COc1ccc(-n2c(C)cc(C=C(C#N)C(=O)Nc3ccc4ccccc4c3)c2C)cc1. The summed E-state index contributed by atoms with van der Waals surface area (Å²) in [7, 11) is 1.64. The number of nitriles is 1. The maximum Gasteiger partial charge on any atom is 0.266 e. The van der Waals surface area contributed by atoms with Crippen molar-refractivity contribution in [3.8, 4) is 17.5 Å². The van der Waals surface area contributed by atoms with Crippen LogP contribution in [0.5, 0.6) is 5.75 Å². The molecule has 0 aliphatic rings. The molecular weight excluding hydrogens is 398 g/mol. The van der Waals surface area contributed by atoms with Crippen LogP contribution in [0.15, 0.2) is 78.4 Å². The van der Waals surface area contributed by atoms with E-state index in [2.05, 4.69) is 9.88 Å². The highest BCUT2D eigenvalue weighted by atomic mass is 16.5. The predicted octanol–water partition coefficient (Wildman–Crippen LogP) is 5.80. The van der Waals surface area contributed by atoms with Crippen molar-refractivity contribution in [2.45, 2.75) is 13.8 Å². The molecule has 0 atom stereocenters. The van der Waals surface area contributed by atoms with Crippen molar-refractivity contribution in [3.63, 3.8) is 0 Å². The highest BCUT2D eigenvalue weighted by Crippen LogP contribution is 2.25. The predicted molar refractivity (Wildman–Crippen MR) is 128 cm³/mol. The first-order valence-electron chi connectivity index (χ1n) is 10.3. The van der Waals surface area contributed by atoms with E-state index in [9.17, 15) is 10.1 Å². The number of fused-ring (bicyclic) bond motifs is 1. The Bertz CT molecular complexity index is 1370. The van der Waals surface area contributed by atoms with E-state index in [0.717, 1.165) is 39.2 Å². The van der Waals surface area contributed by atoms with Crippen LogP contribution in [0.2, 0.25) is 0 Å². The van der Waals surface area contributed by atoms with Crippen molar-refractivity contribution in [3.05, 3.63) is 95.3 Å². The van der Waals surface area contributed by atoms with Crippen LogP contribution in [-0.2, 0) is 4.79 Å². The molecule has 0 fully saturated rings. The van der Waals surface area contributed by atoms with E-state index >= 15 is 0 Å². The average Bonchev–Trinajstić information content (AvgIpc) is 3.09. The zero-order valence-electron chi connectivity index (χ0n) is 18.2. The number of nitrogens with zero attached hydrogens (tertiary/aromatic N) is 2. The molecule has 0 aliphatic carbocycles. The van der Waals surface area contributed by atoms with Crippen LogP contribution in [0, 0.1) is 25.2 Å². The van der Waals surface area contributed by atoms with E-state index in [-0.39, 0.29) is 5.57 Å². The molecule has 0 saturated carbocycles. The molecule has 0 radical (unpaired) electrons. The van der Waals surface area contributed by atoms with Crippen LogP contribution in [0.25, 0.3) is 22.5 Å². The summed E-state index contributed by atoms with van der Waals surface area (Å²) >= 11 is 0. The van der Waals surface area contributed by atoms with Crippen LogP contribution in [0.3, 0.4) is 0 Å². The van der Waals surface area contributed by atoms with Gasteiger partial charge >= 0.3 is 0 Å². The van der Waals surface area contributed by atoms with E-state index in [0.29, 0.717) is 5.69 Å². The summed E-state index contributed by atoms with van der Waals surface area (Å²) in [5.41, 5.74) is 4.46. The van der Waals surface area contributed by atoms with Gasteiger partial charge in [0.2, 0.25) is 0 Å². The van der Waals surface area contributed by atoms with Crippen LogP contribution >= 0.6 is 0 Å². The molecule has 0 aliphatic heterocycles. The van der Waals surface area contributed by atoms with E-state index in [1.165, 1.54) is 0 Å². The van der Waals surface area contributed by atoms with Crippen LogP contribution in [-0.4, -0.2) is 17.6 Å². The van der Waals surface area contributed by atoms with Gasteiger partial charge in [0, 0.05) is 22.8 Å². The topological polar surface area (TPSA) is 67.0 Å². The Kier molecular flexibility index (Phi) is 5.78. The van der Waals surface area contributed by atoms with Gasteiger partial charge in [-0.1, -0.05) is 30.3 Å². The third kappa shape index (κ3) is 4.12. The van der Waals surface area contributed by atoms with Crippen LogP contribution in [0.4, 0.5) is 5.69 Å². The summed E-state index contributed by atoms with van der Waals surface area (Å²) in [5.74, 6) is 0.352. The second-order valence-corrected chi connectivity index (χ2v) is 7.55. The lowest BCUT2D eigenvalue weighted by atomic mass is 10.1. The molecule has 0 spiro atoms. The molecule has 158 valence electrons. The summed E-state index contributed by atoms with van der Waals surface area (Å²) in [5, 5.41) is 14.6. The highest BCUT2D eigenvalue weighted by molar-refractivity contribution is 6.10. The fourth-order valence-corrected chi connectivity index (χ4v) is 3.83. The first-order valence-corrected chi connectivity index (χ1v) is 10.3. The lowest BCUT2D eigenvalue weighted by Gasteiger charge is -2.10. The summed E-state index contributed by atoms with van der Waals surface area (Å²) < 4.78 is 7.32. The van der Waals surface area contributed by atoms with Gasteiger partial charge in [0.05, 0.1) is 7.11 Å². The number of anilines is 1. The minimum absolute atomic E-state index is 0.0492. The Morgan fingerprint density at radius 2 is 1.72 bits per heavy atom. The maximum absolute atomic E-state index is 12.8. The smallest absolute Gasteiger partial charge is 0.266 e. The summed E-state index contributed by atoms with van der Waals surface area (Å²) in [6.45, 7) is 3.97. The van der Waals surface area contributed by atoms with E-state index in [1.54, 1.807) is 13.2 Å². The zero-order chi connectivity index (χ0) is 22.7. The number of aryl methyl sites for hydroxylation is 1. The number of carbonyl (C=O) groups excluding carboxylic acids is 1. The van der Waals surface area contributed by atoms with Gasteiger partial charge in [-0.25, -0.2) is 0 Å². The second kappa shape index (κ2) is 8.83. The van der Waals surface area contributed by atoms with Gasteiger partial charge in [-0.15, -0.1) is 0 Å². The zero-order valence-corrected chi connectivity index (χ0v) is 18.2. The number of ether oxygens (including phenoxy) is 1. The number of benzene rings is 3. The van der Waals surface area contributed by atoms with Gasteiger partial charge < -0.3 is 14.6 Å². The standard InChI is InChI=1S/C27H23N3O2/c1-18-14-22(19(2)30(18)25-10-12-26(32-3)13-11-25)15-23(17-28)27(31)29-24-9-8-20-6-4-5-7-21(20)16-24/h4-16H,1-3H3,(H,29,31). The lowest BCUT2D eigenvalue weighted by Crippen LogP contribution is -2.13. The number of amides is 1. The Balaban J connectivity index is 1.62. The Morgan fingerprint density at radius 1 is 1.00 bits per heavy atom. The van der Waals surface area contributed by atoms with Crippen molar-refractivity contribution in [1.29, 1.82) is 5.26 Å². The molecule has 5 heteroatoms. The van der Waals surface area contributed by atoms with Crippen LogP contribution in [0.1, 0.15) is 17.0 Å². The summed E-state index contributed by atoms with van der Waals surface area (Å²) in [6, 6.07) is 25.4. The summed E-state index contributed by atoms with van der Waals surface area (Å²) in [4.78, 5) is 12.8. The molecule has 3 aromatic carbocycles. The Morgan fingerprint density at radius 3 is 2.41 bits per heavy atom. The van der Waals surface area contributed by atoms with E-state index in [1.807, 2.05) is 92.7 Å². The molecule has 4 aromatic rings. The quantitative estimate of drug-likeness (QED) is 0.327. The van der Waals surface area contributed by atoms with Gasteiger partial charge in [0.1, 0.15) is 17.4 Å². The largest absolute Gasteiger partial charge is 0.497 e. The number of hydrogen-bond donors (Lipinski definition) is 1. The van der Waals surface area contributed by atoms with Gasteiger partial charge in [-0.3, -0.25) is 4.79 Å². The molecule has 0 saturated heterocycles. The van der Waals surface area contributed by atoms with Gasteiger partial charge in [-0.05, 0) is 78.7 Å². The van der Waals surface area contributed by atoms with Crippen molar-refractivity contribution >= 4 is 28.4 Å². The van der Waals surface area contributed by atoms with E-state index < -0.39 is 5.91 Å². The molecule has 1 amide bonds. The third-order valence-corrected chi connectivity index (χ3v) is 5.47. The molecule has 1 heterocycles. The minimum atomic E-state index is -0.433. The third-order valence-electron chi connectivity index (χ3n) is 5.47. The molecule has 0 unspecified atom stereocenters. The van der Waals surface area contributed by atoms with Gasteiger partial charge in [0.15, 0.2) is 0 Å². The second-order valence-electron chi connectivity index (χ2n) is 7.55. The number of carbonyl (C=O) groups is 1. The monoisotopic (exact) mass is 421 g/mol. The number of methoxy groups -OCH3 is 1. The summed E-state index contributed by atoms with van der Waals surface area (Å²) in [6.07, 6.45) is 1.64. The molecular formula is C27H23N3O2. The van der Waals surface area contributed by atoms with Gasteiger partial charge in [-0.2, -0.15) is 5.26 Å². The van der Waals surface area contributed by atoms with Crippen molar-refractivity contribution in [2.24, 2.45) is 0 Å². The highest BCUT2D eigenvalue weighted by Gasteiger charge is 2.14. The molecule has 0 bridgehead atoms. The normalized spacial score (nSPS) is 11.2. The molecule has 1 N–H and O–H groups in total. The fourth-order valence-electron chi connectivity index (χ4n) is 3.83. The number of rotatable bonds is 5. The molecule has 5 nitrogen and oxygen atoms in total. The van der Waals surface area contributed by atoms with Gasteiger partial charge in [0.25, 0.3) is 5.91 Å². The fraction of sp³-hybridized carbons (Fsp3) is 0.111.